The molecular weight excluding hydrogens is 264 g/mol. The van der Waals surface area contributed by atoms with Crippen LogP contribution in [-0.2, 0) is 10.2 Å². The molecule has 0 unspecified atom stereocenters. The monoisotopic (exact) mass is 292 g/mol. The summed E-state index contributed by atoms with van der Waals surface area (Å²) in [5.74, 6) is 5.56. The molecule has 3 N–H and O–H groups in total. The molecule has 1 aromatic rings. The Morgan fingerprint density at radius 2 is 1.71 bits per heavy atom. The van der Waals surface area contributed by atoms with Gasteiger partial charge in [0.2, 0.25) is 5.91 Å². The highest BCUT2D eigenvalue weighted by Gasteiger charge is 2.27. The van der Waals surface area contributed by atoms with E-state index in [1.165, 1.54) is 5.56 Å². The van der Waals surface area contributed by atoms with Crippen molar-refractivity contribution in [3.63, 3.8) is 0 Å². The van der Waals surface area contributed by atoms with Crippen LogP contribution in [0.4, 0.5) is 0 Å². The molecule has 1 amide bonds. The van der Waals surface area contributed by atoms with Crippen LogP contribution >= 0.6 is 0 Å². The lowest BCUT2D eigenvalue weighted by Crippen LogP contribution is -2.31. The molecule has 4 heteroatoms. The Balaban J connectivity index is 2.63. The van der Waals surface area contributed by atoms with Gasteiger partial charge in [-0.05, 0) is 34.9 Å². The first-order valence-corrected chi connectivity index (χ1v) is 7.37. The minimum atomic E-state index is -0.224. The van der Waals surface area contributed by atoms with Gasteiger partial charge in [0, 0.05) is 0 Å². The number of hydrazine groups is 1. The van der Waals surface area contributed by atoms with Gasteiger partial charge in [0.15, 0.2) is 0 Å². The quantitative estimate of drug-likeness (QED) is 0.481. The number of ether oxygens (including phenoxy) is 1. The van der Waals surface area contributed by atoms with E-state index in [0.717, 1.165) is 12.2 Å². The third kappa shape index (κ3) is 6.17. The van der Waals surface area contributed by atoms with Crippen LogP contribution < -0.4 is 16.0 Å². The average Bonchev–Trinajstić information content (AvgIpc) is 2.36. The van der Waals surface area contributed by atoms with E-state index in [9.17, 15) is 4.79 Å². The van der Waals surface area contributed by atoms with E-state index in [4.69, 9.17) is 10.6 Å². The Kier molecular flexibility index (Phi) is 5.78. The van der Waals surface area contributed by atoms with E-state index < -0.39 is 0 Å². The van der Waals surface area contributed by atoms with E-state index >= 15 is 0 Å². The zero-order chi connectivity index (χ0) is 16.1. The molecule has 0 atom stereocenters. The third-order valence-electron chi connectivity index (χ3n) is 3.37. The predicted molar refractivity (Wildman–Crippen MR) is 86.0 cm³/mol. The topological polar surface area (TPSA) is 64.3 Å². The van der Waals surface area contributed by atoms with Crippen molar-refractivity contribution in [1.82, 2.24) is 5.43 Å². The van der Waals surface area contributed by atoms with Gasteiger partial charge in [-0.2, -0.15) is 0 Å². The molecule has 0 heterocycles. The normalized spacial score (nSPS) is 12.1. The largest absolute Gasteiger partial charge is 0.493 e. The Hall–Kier alpha value is -1.55. The number of rotatable bonds is 6. The summed E-state index contributed by atoms with van der Waals surface area (Å²) in [4.78, 5) is 11.0. The first-order chi connectivity index (χ1) is 9.64. The van der Waals surface area contributed by atoms with Crippen molar-refractivity contribution in [2.75, 3.05) is 6.61 Å². The van der Waals surface area contributed by atoms with Gasteiger partial charge in [0.05, 0.1) is 13.0 Å². The van der Waals surface area contributed by atoms with Gasteiger partial charge in [-0.3, -0.25) is 10.2 Å². The first kappa shape index (κ1) is 17.5. The molecule has 0 fully saturated rings. The molecule has 0 aliphatic heterocycles. The molecule has 0 saturated carbocycles. The zero-order valence-corrected chi connectivity index (χ0v) is 13.8. The molecule has 0 spiro atoms. The first-order valence-electron chi connectivity index (χ1n) is 7.37. The van der Waals surface area contributed by atoms with E-state index in [0.29, 0.717) is 6.61 Å². The molecule has 0 bridgehead atoms. The molecular formula is C17H28N2O2. The smallest absolute Gasteiger partial charge is 0.237 e. The highest BCUT2D eigenvalue weighted by atomic mass is 16.5. The fraction of sp³-hybridized carbons (Fsp3) is 0.588. The van der Waals surface area contributed by atoms with Gasteiger partial charge < -0.3 is 4.74 Å². The number of hydrogen-bond acceptors (Lipinski definition) is 3. The van der Waals surface area contributed by atoms with Crippen molar-refractivity contribution in [3.05, 3.63) is 29.8 Å². The Labute approximate surface area is 128 Å². The van der Waals surface area contributed by atoms with Gasteiger partial charge in [-0.25, -0.2) is 5.84 Å². The summed E-state index contributed by atoms with van der Waals surface area (Å²) in [7, 11) is 0. The predicted octanol–water partition coefficient (Wildman–Crippen LogP) is 3.16. The van der Waals surface area contributed by atoms with Crippen molar-refractivity contribution in [2.45, 2.75) is 52.9 Å². The maximum Gasteiger partial charge on any atom is 0.237 e. The SMILES string of the molecule is CC(C)(C)CC(C)(C)c1ccc(OCCC(=O)NN)cc1. The van der Waals surface area contributed by atoms with Crippen LogP contribution in [0.3, 0.4) is 0 Å². The number of benzene rings is 1. The minimum absolute atomic E-state index is 0.121. The van der Waals surface area contributed by atoms with Crippen molar-refractivity contribution in [3.8, 4) is 5.75 Å². The summed E-state index contributed by atoms with van der Waals surface area (Å²) in [6, 6.07) is 8.12. The number of amides is 1. The lowest BCUT2D eigenvalue weighted by atomic mass is 9.72. The summed E-state index contributed by atoms with van der Waals surface area (Å²) in [5, 5.41) is 0. The second kappa shape index (κ2) is 6.94. The zero-order valence-electron chi connectivity index (χ0n) is 13.8. The number of carbonyl (C=O) groups is 1. The van der Waals surface area contributed by atoms with Crippen molar-refractivity contribution < 1.29 is 9.53 Å². The molecule has 0 aliphatic rings. The van der Waals surface area contributed by atoms with E-state index in [1.54, 1.807) is 0 Å². The molecule has 1 rings (SSSR count). The van der Waals surface area contributed by atoms with Crippen LogP contribution in [0.5, 0.6) is 5.75 Å². The average molecular weight is 292 g/mol. The number of nitrogens with two attached hydrogens (primary N) is 1. The number of hydrogen-bond donors (Lipinski definition) is 2. The van der Waals surface area contributed by atoms with Crippen LogP contribution in [0.1, 0.15) is 53.0 Å². The van der Waals surface area contributed by atoms with Crippen molar-refractivity contribution >= 4 is 5.91 Å². The maximum absolute atomic E-state index is 11.0. The number of nitrogens with one attached hydrogen (secondary N) is 1. The second-order valence-corrected chi connectivity index (χ2v) is 7.31. The van der Waals surface area contributed by atoms with Gasteiger partial charge in [0.1, 0.15) is 5.75 Å². The lowest BCUT2D eigenvalue weighted by Gasteiger charge is -2.33. The highest BCUT2D eigenvalue weighted by molar-refractivity contribution is 5.75. The van der Waals surface area contributed by atoms with Crippen LogP contribution in [0.15, 0.2) is 24.3 Å². The van der Waals surface area contributed by atoms with Crippen LogP contribution in [0.25, 0.3) is 0 Å². The fourth-order valence-corrected chi connectivity index (χ4v) is 2.76. The summed E-state index contributed by atoms with van der Waals surface area (Å²) in [5.41, 5.74) is 3.79. The summed E-state index contributed by atoms with van der Waals surface area (Å²) in [6.45, 7) is 11.6. The van der Waals surface area contributed by atoms with E-state index in [-0.39, 0.29) is 23.2 Å². The van der Waals surface area contributed by atoms with Gasteiger partial charge in [0.25, 0.3) is 0 Å². The van der Waals surface area contributed by atoms with Gasteiger partial charge in [-0.1, -0.05) is 46.8 Å². The molecule has 1 aromatic carbocycles. The third-order valence-corrected chi connectivity index (χ3v) is 3.37. The maximum atomic E-state index is 11.0. The Morgan fingerprint density at radius 1 is 1.14 bits per heavy atom. The Morgan fingerprint density at radius 3 is 2.19 bits per heavy atom. The van der Waals surface area contributed by atoms with Crippen LogP contribution in [-0.4, -0.2) is 12.5 Å². The molecule has 21 heavy (non-hydrogen) atoms. The standard InChI is InChI=1S/C17H28N2O2/c1-16(2,3)12-17(4,5)13-6-8-14(9-7-13)21-11-10-15(20)19-18/h6-9H,10-12,18H2,1-5H3,(H,19,20). The molecule has 0 radical (unpaired) electrons. The fourth-order valence-electron chi connectivity index (χ4n) is 2.76. The summed E-state index contributed by atoms with van der Waals surface area (Å²) in [6.07, 6.45) is 1.37. The Bertz CT molecular complexity index is 459. The van der Waals surface area contributed by atoms with Crippen LogP contribution in [0, 0.1) is 5.41 Å². The highest BCUT2D eigenvalue weighted by Crippen LogP contribution is 2.36. The van der Waals surface area contributed by atoms with Gasteiger partial charge in [-0.15, -0.1) is 0 Å². The van der Waals surface area contributed by atoms with Crippen LogP contribution in [0.2, 0.25) is 0 Å². The molecule has 4 nitrogen and oxygen atoms in total. The molecule has 118 valence electrons. The van der Waals surface area contributed by atoms with E-state index in [1.807, 2.05) is 12.1 Å². The number of carbonyl (C=O) groups excluding carboxylic acids is 1. The van der Waals surface area contributed by atoms with Crippen molar-refractivity contribution in [2.24, 2.45) is 11.3 Å². The molecule has 0 saturated heterocycles. The summed E-state index contributed by atoms with van der Waals surface area (Å²) < 4.78 is 5.53. The minimum Gasteiger partial charge on any atom is -0.493 e. The van der Waals surface area contributed by atoms with Gasteiger partial charge >= 0.3 is 0 Å². The lowest BCUT2D eigenvalue weighted by molar-refractivity contribution is -0.121. The van der Waals surface area contributed by atoms with E-state index in [2.05, 4.69) is 52.2 Å². The summed E-state index contributed by atoms with van der Waals surface area (Å²) >= 11 is 0. The second-order valence-electron chi connectivity index (χ2n) is 7.31. The van der Waals surface area contributed by atoms with Crippen molar-refractivity contribution in [1.29, 1.82) is 0 Å². The molecule has 0 aliphatic carbocycles. The molecule has 0 aromatic heterocycles.